The van der Waals surface area contributed by atoms with Gasteiger partial charge in [-0.1, -0.05) is 30.0 Å². The molecule has 3 aliphatic heterocycles. The molecule has 4 heterocycles. The summed E-state index contributed by atoms with van der Waals surface area (Å²) in [4.78, 5) is 46.1. The summed E-state index contributed by atoms with van der Waals surface area (Å²) in [5.74, 6) is 1.24. The van der Waals surface area contributed by atoms with Gasteiger partial charge in [0.15, 0.2) is 0 Å². The van der Waals surface area contributed by atoms with Crippen molar-refractivity contribution in [1.82, 2.24) is 20.5 Å². The number of carbonyl (C=O) groups excluding carboxylic acids is 3. The van der Waals surface area contributed by atoms with Crippen LogP contribution in [0.3, 0.4) is 0 Å². The summed E-state index contributed by atoms with van der Waals surface area (Å²) in [6, 6.07) is 17.7. The molecule has 0 aliphatic carbocycles. The van der Waals surface area contributed by atoms with Crippen molar-refractivity contribution in [2.75, 3.05) is 18.0 Å². The number of nitrogens with one attached hydrogen (secondary N) is 2. The fourth-order valence-corrected chi connectivity index (χ4v) is 6.25. The number of hydrogen-bond donors (Lipinski definition) is 2. The Labute approximate surface area is 218 Å². The minimum Gasteiger partial charge on any atom is -0.457 e. The number of benzene rings is 2. The number of ether oxygens (including phenoxy) is 1. The van der Waals surface area contributed by atoms with E-state index in [0.717, 1.165) is 16.3 Å². The lowest BCUT2D eigenvalue weighted by Crippen LogP contribution is -2.50. The summed E-state index contributed by atoms with van der Waals surface area (Å²) in [5, 5.41) is 6.29. The smallest absolute Gasteiger partial charge is 0.327 e. The number of rotatable bonds is 5. The Morgan fingerprint density at radius 3 is 2.57 bits per heavy atom. The van der Waals surface area contributed by atoms with Crippen molar-refractivity contribution in [3.63, 3.8) is 0 Å². The molecule has 0 saturated carbocycles. The molecule has 0 spiro atoms. The largest absolute Gasteiger partial charge is 0.457 e. The predicted molar refractivity (Wildman–Crippen MR) is 139 cm³/mol. The van der Waals surface area contributed by atoms with Gasteiger partial charge in [-0.25, -0.2) is 9.78 Å². The maximum absolute atomic E-state index is 13.3. The number of thioether (sulfide) groups is 1. The topological polar surface area (TPSA) is 104 Å². The number of nitrogens with zero attached hydrogens (tertiary/aromatic N) is 3. The quantitative estimate of drug-likeness (QED) is 0.533. The number of pyridine rings is 1. The number of para-hydroxylation sites is 1. The lowest BCUT2D eigenvalue weighted by molar-refractivity contribution is -0.128. The number of aromatic nitrogens is 1. The van der Waals surface area contributed by atoms with Crippen LogP contribution in [0, 0.1) is 0 Å². The van der Waals surface area contributed by atoms with Crippen molar-refractivity contribution in [1.29, 1.82) is 0 Å². The van der Waals surface area contributed by atoms with Crippen LogP contribution >= 0.6 is 11.8 Å². The van der Waals surface area contributed by atoms with Crippen molar-refractivity contribution in [2.24, 2.45) is 0 Å². The van der Waals surface area contributed by atoms with Crippen LogP contribution in [0.2, 0.25) is 0 Å². The Hall–Kier alpha value is -4.05. The Morgan fingerprint density at radius 2 is 1.84 bits per heavy atom. The van der Waals surface area contributed by atoms with Crippen molar-refractivity contribution < 1.29 is 19.1 Å². The van der Waals surface area contributed by atoms with Crippen LogP contribution in [0.1, 0.15) is 24.9 Å². The molecular weight excluding hydrogens is 490 g/mol. The molecule has 0 radical (unpaired) electrons. The second kappa shape index (κ2) is 9.44. The van der Waals surface area contributed by atoms with E-state index in [2.05, 4.69) is 15.6 Å². The van der Waals surface area contributed by atoms with Crippen LogP contribution in [-0.4, -0.2) is 52.1 Å². The first-order valence-electron chi connectivity index (χ1n) is 12.1. The first kappa shape index (κ1) is 23.4. The molecule has 2 unspecified atom stereocenters. The van der Waals surface area contributed by atoms with E-state index < -0.39 is 11.3 Å². The third-order valence-electron chi connectivity index (χ3n) is 6.82. The zero-order valence-corrected chi connectivity index (χ0v) is 20.9. The summed E-state index contributed by atoms with van der Waals surface area (Å²) in [6.07, 6.45) is 2.38. The van der Waals surface area contributed by atoms with Crippen LogP contribution in [0.25, 0.3) is 0 Å². The normalized spacial score (nSPS) is 21.9. The van der Waals surface area contributed by atoms with Crippen LogP contribution in [0.4, 0.5) is 16.2 Å². The molecule has 9 nitrogen and oxygen atoms in total. The Kier molecular flexibility index (Phi) is 5.96. The zero-order chi connectivity index (χ0) is 25.5. The molecule has 37 heavy (non-hydrogen) atoms. The standard InChI is InChI=1S/C27H25N5O4S/c1-16(33)31-14-12-17(15-31)29-25(34)24-23-22-21(11-13-28-26(22)37-24)32(27(35)30-23)18-7-9-20(10-8-18)36-19-5-3-2-4-6-19/h2-11,13,17,23-24H,12,14-15H2,1H3,(H,29,34)(H,30,35)/t17?,23?,24-/m0/s1. The highest BCUT2D eigenvalue weighted by atomic mass is 32.2. The Balaban J connectivity index is 1.22. The molecule has 188 valence electrons. The van der Waals surface area contributed by atoms with Crippen molar-refractivity contribution in [3.05, 3.63) is 72.4 Å². The van der Waals surface area contributed by atoms with Gasteiger partial charge in [0, 0.05) is 37.8 Å². The monoisotopic (exact) mass is 515 g/mol. The van der Waals surface area contributed by atoms with Gasteiger partial charge in [-0.2, -0.15) is 0 Å². The highest BCUT2D eigenvalue weighted by Crippen LogP contribution is 2.50. The lowest BCUT2D eigenvalue weighted by Gasteiger charge is -2.34. The third-order valence-corrected chi connectivity index (χ3v) is 8.11. The fourth-order valence-electron chi connectivity index (χ4n) is 5.02. The summed E-state index contributed by atoms with van der Waals surface area (Å²) in [7, 11) is 0. The zero-order valence-electron chi connectivity index (χ0n) is 20.1. The van der Waals surface area contributed by atoms with Gasteiger partial charge in [0.25, 0.3) is 0 Å². The fraction of sp³-hybridized carbons (Fsp3) is 0.259. The Bertz CT molecular complexity index is 1370. The van der Waals surface area contributed by atoms with E-state index in [1.807, 2.05) is 60.7 Å². The lowest BCUT2D eigenvalue weighted by atomic mass is 9.99. The van der Waals surface area contributed by atoms with Gasteiger partial charge in [0.1, 0.15) is 21.8 Å². The van der Waals surface area contributed by atoms with E-state index in [0.29, 0.717) is 36.6 Å². The number of hydrogen-bond acceptors (Lipinski definition) is 6. The van der Waals surface area contributed by atoms with Crippen molar-refractivity contribution >= 4 is 41.0 Å². The van der Waals surface area contributed by atoms with Gasteiger partial charge in [0.2, 0.25) is 11.8 Å². The van der Waals surface area contributed by atoms with Gasteiger partial charge in [-0.3, -0.25) is 14.5 Å². The number of anilines is 2. The summed E-state index contributed by atoms with van der Waals surface area (Å²) >= 11 is 1.36. The molecule has 2 N–H and O–H groups in total. The van der Waals surface area contributed by atoms with E-state index >= 15 is 0 Å². The molecule has 10 heteroatoms. The maximum Gasteiger partial charge on any atom is 0.327 e. The number of carbonyl (C=O) groups is 3. The highest BCUT2D eigenvalue weighted by molar-refractivity contribution is 8.01. The molecule has 3 atom stereocenters. The van der Waals surface area contributed by atoms with E-state index in [-0.39, 0.29) is 23.9 Å². The molecule has 1 saturated heterocycles. The predicted octanol–water partition coefficient (Wildman–Crippen LogP) is 3.99. The molecule has 6 rings (SSSR count). The van der Waals surface area contributed by atoms with Crippen LogP contribution in [-0.2, 0) is 9.59 Å². The minimum atomic E-state index is -0.539. The second-order valence-corrected chi connectivity index (χ2v) is 10.3. The third kappa shape index (κ3) is 4.37. The summed E-state index contributed by atoms with van der Waals surface area (Å²) in [6.45, 7) is 2.67. The van der Waals surface area contributed by atoms with E-state index in [1.165, 1.54) is 18.7 Å². The van der Waals surface area contributed by atoms with Crippen LogP contribution in [0.15, 0.2) is 71.9 Å². The molecule has 3 aromatic rings. The summed E-state index contributed by atoms with van der Waals surface area (Å²) < 4.78 is 5.88. The van der Waals surface area contributed by atoms with Gasteiger partial charge < -0.3 is 20.3 Å². The molecule has 2 aromatic carbocycles. The van der Waals surface area contributed by atoms with Gasteiger partial charge in [0.05, 0.1) is 17.4 Å². The van der Waals surface area contributed by atoms with E-state index in [4.69, 9.17) is 4.74 Å². The second-order valence-electron chi connectivity index (χ2n) is 9.22. The molecular formula is C27H25N5O4S. The van der Waals surface area contributed by atoms with E-state index in [9.17, 15) is 14.4 Å². The molecule has 3 aliphatic rings. The summed E-state index contributed by atoms with van der Waals surface area (Å²) in [5.41, 5.74) is 2.23. The first-order chi connectivity index (χ1) is 18.0. The maximum atomic E-state index is 13.3. The van der Waals surface area contributed by atoms with Gasteiger partial charge in [-0.15, -0.1) is 0 Å². The van der Waals surface area contributed by atoms with Crippen molar-refractivity contribution in [3.8, 4) is 11.5 Å². The van der Waals surface area contributed by atoms with Gasteiger partial charge in [-0.05, 0) is 48.9 Å². The molecule has 1 aromatic heterocycles. The SMILES string of the molecule is CC(=O)N1CCC(NC(=O)[C@H]2Sc3nccc4c3C2NC(=O)N4c2ccc(Oc3ccccc3)cc2)C1. The Morgan fingerprint density at radius 1 is 1.08 bits per heavy atom. The highest BCUT2D eigenvalue weighted by Gasteiger charge is 2.47. The number of likely N-dealkylation sites (tertiary alicyclic amines) is 1. The van der Waals surface area contributed by atoms with Crippen LogP contribution in [0.5, 0.6) is 11.5 Å². The van der Waals surface area contributed by atoms with Gasteiger partial charge >= 0.3 is 6.03 Å². The first-order valence-corrected chi connectivity index (χ1v) is 13.0. The number of amides is 4. The molecule has 0 bridgehead atoms. The number of urea groups is 1. The molecule has 1 fully saturated rings. The van der Waals surface area contributed by atoms with Crippen molar-refractivity contribution in [2.45, 2.75) is 35.7 Å². The molecule has 4 amide bonds. The van der Waals surface area contributed by atoms with E-state index in [1.54, 1.807) is 16.0 Å². The minimum absolute atomic E-state index is 0.00698. The average molecular weight is 516 g/mol. The van der Waals surface area contributed by atoms with Crippen LogP contribution < -0.4 is 20.3 Å². The average Bonchev–Trinajstić information content (AvgIpc) is 3.51.